The molecule has 2 aromatic rings. The number of rotatable bonds is 7. The maximum absolute atomic E-state index is 13.3. The number of halogens is 1. The normalized spacial score (nSPS) is 14.1. The minimum absolute atomic E-state index is 0.190. The van der Waals surface area contributed by atoms with Crippen LogP contribution in [0.3, 0.4) is 0 Å². The lowest BCUT2D eigenvalue weighted by atomic mass is 10.1. The lowest BCUT2D eigenvalue weighted by Gasteiger charge is -2.39. The SMILES string of the molecule is CCSc1nc(N2CC(OC)C2)cc(C)c1C(=O)NCc1cccc(F)c1. The van der Waals surface area contributed by atoms with E-state index in [0.717, 1.165) is 40.8 Å². The molecule has 5 nitrogen and oxygen atoms in total. The molecule has 0 unspecified atom stereocenters. The molecule has 0 radical (unpaired) electrons. The predicted molar refractivity (Wildman–Crippen MR) is 106 cm³/mol. The van der Waals surface area contributed by atoms with Gasteiger partial charge in [-0.05, 0) is 42.0 Å². The van der Waals surface area contributed by atoms with E-state index < -0.39 is 0 Å². The maximum Gasteiger partial charge on any atom is 0.254 e. The van der Waals surface area contributed by atoms with E-state index in [0.29, 0.717) is 5.56 Å². The number of carbonyl (C=O) groups excluding carboxylic acids is 1. The number of nitrogens with one attached hydrogen (secondary N) is 1. The van der Waals surface area contributed by atoms with Crippen molar-refractivity contribution in [2.75, 3.05) is 30.9 Å². The van der Waals surface area contributed by atoms with Crippen LogP contribution in [0.4, 0.5) is 10.2 Å². The standard InChI is InChI=1S/C20H24FN3O2S/c1-4-27-20-18(19(25)22-10-14-6-5-7-15(21)9-14)13(2)8-17(23-20)24-11-16(12-24)26-3/h5-9,16H,4,10-12H2,1-3H3,(H,22,25). The maximum atomic E-state index is 13.3. The Morgan fingerprint density at radius 2 is 2.19 bits per heavy atom. The van der Waals surface area contributed by atoms with Gasteiger partial charge in [0.05, 0.1) is 11.7 Å². The highest BCUT2D eigenvalue weighted by Crippen LogP contribution is 2.29. The van der Waals surface area contributed by atoms with Gasteiger partial charge < -0.3 is 15.0 Å². The summed E-state index contributed by atoms with van der Waals surface area (Å²) in [5, 5.41) is 3.61. The molecular weight excluding hydrogens is 365 g/mol. The van der Waals surface area contributed by atoms with Crippen molar-refractivity contribution in [3.05, 3.63) is 52.8 Å². The second kappa shape index (κ2) is 8.71. The number of aryl methyl sites for hydroxylation is 1. The molecule has 0 spiro atoms. The van der Waals surface area contributed by atoms with Gasteiger partial charge in [0.25, 0.3) is 5.91 Å². The zero-order valence-electron chi connectivity index (χ0n) is 15.8. The Balaban J connectivity index is 1.77. The van der Waals surface area contributed by atoms with Gasteiger partial charge in [0.2, 0.25) is 0 Å². The number of hydrogen-bond donors (Lipinski definition) is 1. The molecule has 1 N–H and O–H groups in total. The minimum Gasteiger partial charge on any atom is -0.378 e. The van der Waals surface area contributed by atoms with Crippen LogP contribution in [0.2, 0.25) is 0 Å². The number of anilines is 1. The first-order chi connectivity index (χ1) is 13.0. The van der Waals surface area contributed by atoms with Crippen molar-refractivity contribution < 1.29 is 13.9 Å². The molecule has 1 saturated heterocycles. The molecule has 0 saturated carbocycles. The monoisotopic (exact) mass is 389 g/mol. The first kappa shape index (κ1) is 19.6. The zero-order valence-corrected chi connectivity index (χ0v) is 16.6. The van der Waals surface area contributed by atoms with Crippen LogP contribution in [-0.2, 0) is 11.3 Å². The molecule has 0 bridgehead atoms. The average molecular weight is 389 g/mol. The summed E-state index contributed by atoms with van der Waals surface area (Å²) in [7, 11) is 1.71. The molecule has 144 valence electrons. The molecule has 1 amide bonds. The Kier molecular flexibility index (Phi) is 6.34. The van der Waals surface area contributed by atoms with Gasteiger partial charge in [0.15, 0.2) is 0 Å². The summed E-state index contributed by atoms with van der Waals surface area (Å²) in [4.78, 5) is 19.7. The molecule has 1 aliphatic heterocycles. The molecule has 7 heteroatoms. The summed E-state index contributed by atoms with van der Waals surface area (Å²) in [6.45, 7) is 5.85. The second-order valence-corrected chi connectivity index (χ2v) is 7.74. The van der Waals surface area contributed by atoms with Crippen molar-refractivity contribution in [1.82, 2.24) is 10.3 Å². The summed E-state index contributed by atoms with van der Waals surface area (Å²) < 4.78 is 18.6. The highest BCUT2D eigenvalue weighted by Gasteiger charge is 2.29. The Morgan fingerprint density at radius 3 is 2.85 bits per heavy atom. The van der Waals surface area contributed by atoms with Gasteiger partial charge in [-0.2, -0.15) is 0 Å². The third-order valence-electron chi connectivity index (χ3n) is 4.53. The molecule has 27 heavy (non-hydrogen) atoms. The molecule has 2 heterocycles. The van der Waals surface area contributed by atoms with E-state index in [1.54, 1.807) is 31.0 Å². The molecule has 1 fully saturated rings. The van der Waals surface area contributed by atoms with Gasteiger partial charge >= 0.3 is 0 Å². The van der Waals surface area contributed by atoms with Crippen molar-refractivity contribution in [2.45, 2.75) is 31.5 Å². The van der Waals surface area contributed by atoms with Gasteiger partial charge in [0, 0.05) is 26.7 Å². The summed E-state index contributed by atoms with van der Waals surface area (Å²) in [6.07, 6.45) is 0.239. The number of nitrogens with zero attached hydrogens (tertiary/aromatic N) is 2. The number of pyridine rings is 1. The van der Waals surface area contributed by atoms with Gasteiger partial charge in [0.1, 0.15) is 16.7 Å². The fourth-order valence-electron chi connectivity index (χ4n) is 3.00. The van der Waals surface area contributed by atoms with Crippen LogP contribution < -0.4 is 10.2 Å². The number of carbonyl (C=O) groups is 1. The van der Waals surface area contributed by atoms with E-state index in [4.69, 9.17) is 9.72 Å². The van der Waals surface area contributed by atoms with Crippen molar-refractivity contribution in [3.8, 4) is 0 Å². The number of thioether (sulfide) groups is 1. The highest BCUT2D eigenvalue weighted by molar-refractivity contribution is 7.99. The molecule has 1 aromatic heterocycles. The fraction of sp³-hybridized carbons (Fsp3) is 0.400. The van der Waals surface area contributed by atoms with Crippen LogP contribution in [0.15, 0.2) is 35.4 Å². The van der Waals surface area contributed by atoms with E-state index in [-0.39, 0.29) is 24.4 Å². The number of methoxy groups -OCH3 is 1. The third kappa shape index (κ3) is 4.59. The molecule has 0 aliphatic carbocycles. The van der Waals surface area contributed by atoms with E-state index in [1.807, 2.05) is 19.9 Å². The van der Waals surface area contributed by atoms with Crippen LogP contribution in [0.5, 0.6) is 0 Å². The molecular formula is C20H24FN3O2S. The molecule has 1 aromatic carbocycles. The predicted octanol–water partition coefficient (Wildman–Crippen LogP) is 3.41. The van der Waals surface area contributed by atoms with Crippen molar-refractivity contribution in [3.63, 3.8) is 0 Å². The second-order valence-electron chi connectivity index (χ2n) is 6.49. The van der Waals surface area contributed by atoms with E-state index in [1.165, 1.54) is 12.1 Å². The first-order valence-corrected chi connectivity index (χ1v) is 9.95. The number of hydrogen-bond acceptors (Lipinski definition) is 5. The van der Waals surface area contributed by atoms with Gasteiger partial charge in [-0.3, -0.25) is 4.79 Å². The van der Waals surface area contributed by atoms with Crippen LogP contribution in [0.1, 0.15) is 28.4 Å². The highest BCUT2D eigenvalue weighted by atomic mass is 32.2. The summed E-state index contributed by atoms with van der Waals surface area (Å²) in [6, 6.07) is 8.18. The number of ether oxygens (including phenoxy) is 1. The van der Waals surface area contributed by atoms with Crippen LogP contribution in [0.25, 0.3) is 0 Å². The Hall–Kier alpha value is -2.12. The Morgan fingerprint density at radius 1 is 1.41 bits per heavy atom. The van der Waals surface area contributed by atoms with E-state index in [9.17, 15) is 9.18 Å². The Bertz CT molecular complexity index is 825. The van der Waals surface area contributed by atoms with Crippen molar-refractivity contribution in [1.29, 1.82) is 0 Å². The minimum atomic E-state index is -0.310. The summed E-state index contributed by atoms with van der Waals surface area (Å²) >= 11 is 1.55. The fourth-order valence-corrected chi connectivity index (χ4v) is 3.83. The van der Waals surface area contributed by atoms with Gasteiger partial charge in [-0.1, -0.05) is 19.1 Å². The van der Waals surface area contributed by atoms with Crippen LogP contribution in [0, 0.1) is 12.7 Å². The number of benzene rings is 1. The number of aromatic nitrogens is 1. The molecule has 0 atom stereocenters. The Labute approximate surface area is 163 Å². The van der Waals surface area contributed by atoms with Gasteiger partial charge in [-0.15, -0.1) is 11.8 Å². The van der Waals surface area contributed by atoms with Gasteiger partial charge in [-0.25, -0.2) is 9.37 Å². The van der Waals surface area contributed by atoms with E-state index >= 15 is 0 Å². The zero-order chi connectivity index (χ0) is 19.4. The van der Waals surface area contributed by atoms with Crippen LogP contribution in [-0.4, -0.2) is 42.9 Å². The quantitative estimate of drug-likeness (QED) is 0.736. The van der Waals surface area contributed by atoms with Crippen molar-refractivity contribution in [2.24, 2.45) is 0 Å². The smallest absolute Gasteiger partial charge is 0.254 e. The largest absolute Gasteiger partial charge is 0.378 e. The average Bonchev–Trinajstić information content (AvgIpc) is 2.59. The lowest BCUT2D eigenvalue weighted by Crippen LogP contribution is -2.52. The van der Waals surface area contributed by atoms with E-state index in [2.05, 4.69) is 10.2 Å². The third-order valence-corrected chi connectivity index (χ3v) is 5.38. The topological polar surface area (TPSA) is 54.5 Å². The lowest BCUT2D eigenvalue weighted by molar-refractivity contribution is 0.0782. The molecule has 1 aliphatic rings. The number of amides is 1. The summed E-state index contributed by atoms with van der Waals surface area (Å²) in [5.74, 6) is 1.19. The summed E-state index contributed by atoms with van der Waals surface area (Å²) in [5.41, 5.74) is 2.20. The first-order valence-electron chi connectivity index (χ1n) is 8.96. The van der Waals surface area contributed by atoms with Crippen molar-refractivity contribution >= 4 is 23.5 Å². The van der Waals surface area contributed by atoms with Crippen LogP contribution >= 0.6 is 11.8 Å². The molecule has 3 rings (SSSR count).